The average Bonchev–Trinajstić information content (AvgIpc) is 2.83. The van der Waals surface area contributed by atoms with Crippen molar-refractivity contribution in [2.75, 3.05) is 37.7 Å². The molecule has 0 aliphatic rings. The molecule has 2 N–H and O–H groups in total. The summed E-state index contributed by atoms with van der Waals surface area (Å²) in [4.78, 5) is 26.0. The van der Waals surface area contributed by atoms with E-state index >= 15 is 0 Å². The Hall–Kier alpha value is -3.36. The summed E-state index contributed by atoms with van der Waals surface area (Å²) in [7, 11) is 4.60. The van der Waals surface area contributed by atoms with Crippen LogP contribution in [0.3, 0.4) is 0 Å². The molecule has 0 aliphatic carbocycles. The van der Waals surface area contributed by atoms with Crippen molar-refractivity contribution in [2.45, 2.75) is 4.90 Å². The van der Waals surface area contributed by atoms with Crippen molar-refractivity contribution in [2.24, 2.45) is 0 Å². The summed E-state index contributed by atoms with van der Waals surface area (Å²) in [6.45, 7) is 0. The van der Waals surface area contributed by atoms with Crippen LogP contribution in [0.1, 0.15) is 10.4 Å². The van der Waals surface area contributed by atoms with E-state index in [-0.39, 0.29) is 17.6 Å². The highest BCUT2D eigenvalue weighted by atomic mass is 35.5. The van der Waals surface area contributed by atoms with Gasteiger partial charge in [0.2, 0.25) is 5.91 Å². The zero-order chi connectivity index (χ0) is 23.8. The molecule has 3 aromatic carbocycles. The minimum Gasteiger partial charge on any atom is -0.495 e. The van der Waals surface area contributed by atoms with E-state index in [1.165, 1.54) is 26.0 Å². The third-order valence-corrected chi connectivity index (χ3v) is 5.94. The lowest BCUT2D eigenvalue weighted by Crippen LogP contribution is -2.16. The molecule has 0 unspecified atom stereocenters. The number of amides is 2. The van der Waals surface area contributed by atoms with Gasteiger partial charge < -0.3 is 24.8 Å². The Morgan fingerprint density at radius 1 is 0.818 bits per heavy atom. The number of carbonyl (C=O) groups excluding carboxylic acids is 2. The highest BCUT2D eigenvalue weighted by Gasteiger charge is 2.14. The van der Waals surface area contributed by atoms with Crippen LogP contribution in [0.25, 0.3) is 0 Å². The molecule has 0 saturated carbocycles. The average molecular weight is 487 g/mol. The van der Waals surface area contributed by atoms with Gasteiger partial charge in [-0.2, -0.15) is 0 Å². The Morgan fingerprint density at radius 3 is 2.12 bits per heavy atom. The van der Waals surface area contributed by atoms with E-state index in [4.69, 9.17) is 25.8 Å². The highest BCUT2D eigenvalue weighted by molar-refractivity contribution is 8.00. The van der Waals surface area contributed by atoms with E-state index in [0.29, 0.717) is 44.1 Å². The molecule has 3 aromatic rings. The lowest BCUT2D eigenvalue weighted by molar-refractivity contribution is -0.113. The zero-order valence-corrected chi connectivity index (χ0v) is 19.9. The number of methoxy groups -OCH3 is 3. The number of ether oxygens (including phenoxy) is 3. The number of halogens is 1. The van der Waals surface area contributed by atoms with Crippen molar-refractivity contribution in [3.8, 4) is 17.2 Å². The first-order chi connectivity index (χ1) is 15.9. The molecule has 3 rings (SSSR count). The fourth-order valence-electron chi connectivity index (χ4n) is 2.98. The van der Waals surface area contributed by atoms with Crippen LogP contribution < -0.4 is 24.8 Å². The van der Waals surface area contributed by atoms with E-state index in [9.17, 15) is 9.59 Å². The first kappa shape index (κ1) is 24.3. The molecule has 0 fully saturated rings. The fourth-order valence-corrected chi connectivity index (χ4v) is 4.08. The summed E-state index contributed by atoms with van der Waals surface area (Å²) < 4.78 is 15.6. The van der Waals surface area contributed by atoms with Gasteiger partial charge in [-0.25, -0.2) is 0 Å². The van der Waals surface area contributed by atoms with Crippen LogP contribution in [0.2, 0.25) is 5.02 Å². The van der Waals surface area contributed by atoms with Crippen molar-refractivity contribution in [3.63, 3.8) is 0 Å². The van der Waals surface area contributed by atoms with Crippen LogP contribution in [-0.4, -0.2) is 38.9 Å². The Bertz CT molecular complexity index is 1160. The molecule has 9 heteroatoms. The molecule has 0 bridgehead atoms. The monoisotopic (exact) mass is 486 g/mol. The lowest BCUT2D eigenvalue weighted by Gasteiger charge is -2.12. The van der Waals surface area contributed by atoms with E-state index in [1.807, 2.05) is 6.07 Å². The van der Waals surface area contributed by atoms with Crippen molar-refractivity contribution in [3.05, 3.63) is 71.2 Å². The molecule has 7 nitrogen and oxygen atoms in total. The van der Waals surface area contributed by atoms with Gasteiger partial charge in [-0.1, -0.05) is 23.7 Å². The maximum Gasteiger partial charge on any atom is 0.256 e. The Kier molecular flexibility index (Phi) is 8.46. The van der Waals surface area contributed by atoms with Crippen molar-refractivity contribution < 1.29 is 23.8 Å². The van der Waals surface area contributed by atoms with E-state index in [0.717, 1.165) is 0 Å². The van der Waals surface area contributed by atoms with Gasteiger partial charge in [0.1, 0.15) is 5.75 Å². The summed E-state index contributed by atoms with van der Waals surface area (Å²) in [6.07, 6.45) is 0. The second-order valence-electron chi connectivity index (χ2n) is 6.71. The van der Waals surface area contributed by atoms with E-state index in [2.05, 4.69) is 10.6 Å². The molecular formula is C24H23ClN2O5S. The number of carbonyl (C=O) groups is 2. The highest BCUT2D eigenvalue weighted by Crippen LogP contribution is 2.31. The minimum atomic E-state index is -0.306. The molecule has 0 spiro atoms. The molecule has 0 radical (unpaired) electrons. The van der Waals surface area contributed by atoms with Crippen LogP contribution in [-0.2, 0) is 4.79 Å². The van der Waals surface area contributed by atoms with Crippen molar-refractivity contribution >= 4 is 46.6 Å². The van der Waals surface area contributed by atoms with Gasteiger partial charge in [-0.05, 0) is 42.5 Å². The second-order valence-corrected chi connectivity index (χ2v) is 8.13. The molecule has 0 aromatic heterocycles. The maximum absolute atomic E-state index is 12.8. The number of rotatable bonds is 9. The third-order valence-electron chi connectivity index (χ3n) is 4.57. The minimum absolute atomic E-state index is 0.118. The van der Waals surface area contributed by atoms with Gasteiger partial charge in [0, 0.05) is 22.3 Å². The number of hydrogen-bond donors (Lipinski definition) is 2. The Labute approximate surface area is 201 Å². The van der Waals surface area contributed by atoms with Gasteiger partial charge in [-0.3, -0.25) is 9.59 Å². The largest absolute Gasteiger partial charge is 0.495 e. The summed E-state index contributed by atoms with van der Waals surface area (Å²) in [5, 5.41) is 6.04. The standard InChI is InChI=1S/C24H23ClN2O5S/c1-30-19-10-8-15(12-18(19)25)27-24(29)17-6-4-5-7-22(17)33-14-23(28)26-16-9-11-20(31-2)21(13-16)32-3/h4-13H,14H2,1-3H3,(H,26,28)(H,27,29). The summed E-state index contributed by atoms with van der Waals surface area (Å²) in [5.41, 5.74) is 1.57. The maximum atomic E-state index is 12.8. The number of nitrogens with one attached hydrogen (secondary N) is 2. The SMILES string of the molecule is COc1ccc(NC(=O)c2ccccc2SCC(=O)Nc2ccc(OC)c(OC)c2)cc1Cl. The van der Waals surface area contributed by atoms with Gasteiger partial charge in [-0.15, -0.1) is 11.8 Å². The summed E-state index contributed by atoms with van der Waals surface area (Å²) in [6, 6.07) is 17.2. The molecule has 33 heavy (non-hydrogen) atoms. The van der Waals surface area contributed by atoms with Gasteiger partial charge in [0.25, 0.3) is 5.91 Å². The predicted molar refractivity (Wildman–Crippen MR) is 131 cm³/mol. The molecule has 0 saturated heterocycles. The van der Waals surface area contributed by atoms with Crippen LogP contribution in [0.5, 0.6) is 17.2 Å². The normalized spacial score (nSPS) is 10.3. The lowest BCUT2D eigenvalue weighted by atomic mass is 10.2. The van der Waals surface area contributed by atoms with Gasteiger partial charge >= 0.3 is 0 Å². The van der Waals surface area contributed by atoms with Crippen LogP contribution in [0.4, 0.5) is 11.4 Å². The number of hydrogen-bond acceptors (Lipinski definition) is 6. The number of anilines is 2. The predicted octanol–water partition coefficient (Wildman–Crippen LogP) is 5.35. The van der Waals surface area contributed by atoms with Gasteiger partial charge in [0.05, 0.1) is 37.7 Å². The first-order valence-corrected chi connectivity index (χ1v) is 11.2. The van der Waals surface area contributed by atoms with Crippen LogP contribution >= 0.6 is 23.4 Å². The zero-order valence-electron chi connectivity index (χ0n) is 18.3. The molecule has 0 aliphatic heterocycles. The van der Waals surface area contributed by atoms with Crippen molar-refractivity contribution in [1.29, 1.82) is 0 Å². The molecule has 0 heterocycles. The first-order valence-electron chi connectivity index (χ1n) is 9.83. The number of benzene rings is 3. The fraction of sp³-hybridized carbons (Fsp3) is 0.167. The van der Waals surface area contributed by atoms with E-state index in [1.54, 1.807) is 61.7 Å². The number of thioether (sulfide) groups is 1. The van der Waals surface area contributed by atoms with E-state index < -0.39 is 0 Å². The van der Waals surface area contributed by atoms with Gasteiger partial charge in [0.15, 0.2) is 11.5 Å². The van der Waals surface area contributed by atoms with Crippen molar-refractivity contribution in [1.82, 2.24) is 0 Å². The molecular weight excluding hydrogens is 464 g/mol. The molecule has 2 amide bonds. The Balaban J connectivity index is 1.65. The smallest absolute Gasteiger partial charge is 0.256 e. The second kappa shape index (κ2) is 11.5. The quantitative estimate of drug-likeness (QED) is 0.396. The topological polar surface area (TPSA) is 85.9 Å². The van der Waals surface area contributed by atoms with Crippen LogP contribution in [0, 0.1) is 0 Å². The van der Waals surface area contributed by atoms with Crippen LogP contribution in [0.15, 0.2) is 65.6 Å². The Morgan fingerprint density at radius 2 is 1.45 bits per heavy atom. The summed E-state index contributed by atoms with van der Waals surface area (Å²) >= 11 is 7.40. The summed E-state index contributed by atoms with van der Waals surface area (Å²) in [5.74, 6) is 1.20. The third kappa shape index (κ3) is 6.34. The molecule has 172 valence electrons. The molecule has 0 atom stereocenters.